The van der Waals surface area contributed by atoms with E-state index in [9.17, 15) is 4.79 Å². The molecule has 5 heteroatoms. The maximum Gasteiger partial charge on any atom is 0.266 e. The summed E-state index contributed by atoms with van der Waals surface area (Å²) in [5, 5.41) is 4.42. The van der Waals surface area contributed by atoms with E-state index in [0.29, 0.717) is 18.2 Å². The van der Waals surface area contributed by atoms with Gasteiger partial charge in [0.1, 0.15) is 5.75 Å². The van der Waals surface area contributed by atoms with Crippen LogP contribution in [-0.4, -0.2) is 16.9 Å². The van der Waals surface area contributed by atoms with Crippen LogP contribution in [0.15, 0.2) is 35.1 Å². The molecule has 1 atom stereocenters. The van der Waals surface area contributed by atoms with Crippen molar-refractivity contribution in [2.75, 3.05) is 7.11 Å². The SMILES string of the molecule is COc1ccc(C)cc1C(N)c1ccc(=O)n(CC(C)C)n1. The highest BCUT2D eigenvalue weighted by Gasteiger charge is 2.17. The molecule has 0 spiro atoms. The van der Waals surface area contributed by atoms with Gasteiger partial charge in [0.2, 0.25) is 0 Å². The topological polar surface area (TPSA) is 70.1 Å². The van der Waals surface area contributed by atoms with Crippen LogP contribution >= 0.6 is 0 Å². The summed E-state index contributed by atoms with van der Waals surface area (Å²) in [6.45, 7) is 6.67. The normalized spacial score (nSPS) is 12.5. The quantitative estimate of drug-likeness (QED) is 0.919. The number of rotatable bonds is 5. The number of ether oxygens (including phenoxy) is 1. The zero-order valence-electron chi connectivity index (χ0n) is 13.5. The van der Waals surface area contributed by atoms with Crippen LogP contribution in [-0.2, 0) is 6.54 Å². The molecule has 0 aliphatic rings. The minimum absolute atomic E-state index is 0.110. The first kappa shape index (κ1) is 16.2. The highest BCUT2D eigenvalue weighted by atomic mass is 16.5. The van der Waals surface area contributed by atoms with Crippen LogP contribution in [0.4, 0.5) is 0 Å². The summed E-state index contributed by atoms with van der Waals surface area (Å²) in [6.07, 6.45) is 0. The maximum atomic E-state index is 11.9. The first-order chi connectivity index (χ1) is 10.4. The summed E-state index contributed by atoms with van der Waals surface area (Å²) in [6, 6.07) is 8.63. The molecule has 0 radical (unpaired) electrons. The second kappa shape index (κ2) is 6.75. The van der Waals surface area contributed by atoms with Gasteiger partial charge in [0.25, 0.3) is 5.56 Å². The molecule has 0 saturated carbocycles. The van der Waals surface area contributed by atoms with Gasteiger partial charge in [-0.25, -0.2) is 4.68 Å². The second-order valence-corrected chi connectivity index (χ2v) is 5.90. The fraction of sp³-hybridized carbons (Fsp3) is 0.412. The Bertz CT molecular complexity index is 707. The Labute approximate surface area is 130 Å². The summed E-state index contributed by atoms with van der Waals surface area (Å²) in [5.41, 5.74) is 8.86. The Morgan fingerprint density at radius 1 is 1.27 bits per heavy atom. The third kappa shape index (κ3) is 3.54. The zero-order chi connectivity index (χ0) is 16.3. The number of aromatic nitrogens is 2. The van der Waals surface area contributed by atoms with Crippen molar-refractivity contribution in [1.82, 2.24) is 9.78 Å². The van der Waals surface area contributed by atoms with Gasteiger partial charge in [0, 0.05) is 18.2 Å². The highest BCUT2D eigenvalue weighted by Crippen LogP contribution is 2.28. The molecule has 22 heavy (non-hydrogen) atoms. The molecule has 2 N–H and O–H groups in total. The van der Waals surface area contributed by atoms with Crippen LogP contribution < -0.4 is 16.0 Å². The molecule has 1 heterocycles. The summed E-state index contributed by atoms with van der Waals surface area (Å²) < 4.78 is 6.86. The zero-order valence-corrected chi connectivity index (χ0v) is 13.5. The van der Waals surface area contributed by atoms with Gasteiger partial charge in [0.05, 0.1) is 18.8 Å². The minimum Gasteiger partial charge on any atom is -0.496 e. The molecule has 1 aromatic carbocycles. The third-order valence-electron chi connectivity index (χ3n) is 3.46. The maximum absolute atomic E-state index is 11.9. The lowest BCUT2D eigenvalue weighted by Crippen LogP contribution is -2.27. The van der Waals surface area contributed by atoms with Gasteiger partial charge in [-0.2, -0.15) is 5.10 Å². The van der Waals surface area contributed by atoms with E-state index in [1.165, 1.54) is 10.7 Å². The first-order valence-corrected chi connectivity index (χ1v) is 7.40. The summed E-state index contributed by atoms with van der Waals surface area (Å²) in [4.78, 5) is 11.9. The van der Waals surface area contributed by atoms with Crippen LogP contribution in [0.3, 0.4) is 0 Å². The standard InChI is InChI=1S/C17H23N3O2/c1-11(2)10-20-16(21)8-6-14(19-20)17(18)13-9-12(3)5-7-15(13)22-4/h5-9,11,17H,10,18H2,1-4H3. The van der Waals surface area contributed by atoms with Gasteiger partial charge in [0.15, 0.2) is 0 Å². The van der Waals surface area contributed by atoms with E-state index >= 15 is 0 Å². The van der Waals surface area contributed by atoms with Crippen LogP contribution in [0.25, 0.3) is 0 Å². The highest BCUT2D eigenvalue weighted by molar-refractivity contribution is 5.42. The Morgan fingerprint density at radius 3 is 2.64 bits per heavy atom. The lowest BCUT2D eigenvalue weighted by Gasteiger charge is -2.17. The van der Waals surface area contributed by atoms with Crippen molar-refractivity contribution < 1.29 is 4.74 Å². The molecular weight excluding hydrogens is 278 g/mol. The third-order valence-corrected chi connectivity index (χ3v) is 3.46. The summed E-state index contributed by atoms with van der Waals surface area (Å²) >= 11 is 0. The van der Waals surface area contributed by atoms with Crippen LogP contribution in [0, 0.1) is 12.8 Å². The number of nitrogens with zero attached hydrogens (tertiary/aromatic N) is 2. The number of nitrogens with two attached hydrogens (primary N) is 1. The van der Waals surface area contributed by atoms with E-state index < -0.39 is 6.04 Å². The molecule has 0 fully saturated rings. The molecular formula is C17H23N3O2. The Morgan fingerprint density at radius 2 is 2.00 bits per heavy atom. The van der Waals surface area contributed by atoms with E-state index in [2.05, 4.69) is 5.10 Å². The smallest absolute Gasteiger partial charge is 0.266 e. The minimum atomic E-state index is -0.436. The molecule has 118 valence electrons. The fourth-order valence-electron chi connectivity index (χ4n) is 2.36. The van der Waals surface area contributed by atoms with Crippen molar-refractivity contribution in [2.45, 2.75) is 33.4 Å². The molecule has 2 rings (SSSR count). The van der Waals surface area contributed by atoms with Gasteiger partial charge >= 0.3 is 0 Å². The molecule has 2 aromatic rings. The predicted molar refractivity (Wildman–Crippen MR) is 87.1 cm³/mol. The van der Waals surface area contributed by atoms with Crippen molar-refractivity contribution >= 4 is 0 Å². The van der Waals surface area contributed by atoms with Crippen LogP contribution in [0.5, 0.6) is 5.75 Å². The van der Waals surface area contributed by atoms with Crippen LogP contribution in [0.1, 0.15) is 36.7 Å². The van der Waals surface area contributed by atoms with Gasteiger partial charge in [-0.3, -0.25) is 4.79 Å². The van der Waals surface area contributed by atoms with Crippen molar-refractivity contribution in [2.24, 2.45) is 11.7 Å². The van der Waals surface area contributed by atoms with Crippen molar-refractivity contribution in [3.63, 3.8) is 0 Å². The molecule has 0 aliphatic carbocycles. The van der Waals surface area contributed by atoms with E-state index in [-0.39, 0.29) is 5.56 Å². The molecule has 0 bridgehead atoms. The molecule has 5 nitrogen and oxygen atoms in total. The fourth-order valence-corrected chi connectivity index (χ4v) is 2.36. The molecule has 1 unspecified atom stereocenters. The monoisotopic (exact) mass is 301 g/mol. The van der Waals surface area contributed by atoms with Gasteiger partial charge < -0.3 is 10.5 Å². The van der Waals surface area contributed by atoms with E-state index in [0.717, 1.165) is 16.9 Å². The summed E-state index contributed by atoms with van der Waals surface area (Å²) in [7, 11) is 1.62. The van der Waals surface area contributed by atoms with E-state index in [4.69, 9.17) is 10.5 Å². The number of hydrogen-bond donors (Lipinski definition) is 1. The molecule has 0 aliphatic heterocycles. The lowest BCUT2D eigenvalue weighted by molar-refractivity contribution is 0.406. The Hall–Kier alpha value is -2.14. The Balaban J connectivity index is 2.43. The van der Waals surface area contributed by atoms with E-state index in [1.807, 2.05) is 39.0 Å². The van der Waals surface area contributed by atoms with Crippen LogP contribution in [0.2, 0.25) is 0 Å². The number of methoxy groups -OCH3 is 1. The lowest BCUT2D eigenvalue weighted by atomic mass is 10.0. The largest absolute Gasteiger partial charge is 0.496 e. The van der Waals surface area contributed by atoms with E-state index in [1.54, 1.807) is 13.2 Å². The molecule has 1 aromatic heterocycles. The second-order valence-electron chi connectivity index (χ2n) is 5.90. The van der Waals surface area contributed by atoms with Gasteiger partial charge in [-0.1, -0.05) is 31.5 Å². The summed E-state index contributed by atoms with van der Waals surface area (Å²) in [5.74, 6) is 1.06. The Kier molecular flexibility index (Phi) is 4.98. The van der Waals surface area contributed by atoms with Crippen molar-refractivity contribution in [3.8, 4) is 5.75 Å². The molecule has 0 saturated heterocycles. The van der Waals surface area contributed by atoms with Gasteiger partial charge in [-0.15, -0.1) is 0 Å². The van der Waals surface area contributed by atoms with Gasteiger partial charge in [-0.05, 0) is 25.0 Å². The average Bonchev–Trinajstić information content (AvgIpc) is 2.48. The number of hydrogen-bond acceptors (Lipinski definition) is 4. The number of aryl methyl sites for hydroxylation is 1. The van der Waals surface area contributed by atoms with Crippen molar-refractivity contribution in [3.05, 3.63) is 57.5 Å². The average molecular weight is 301 g/mol. The number of benzene rings is 1. The first-order valence-electron chi connectivity index (χ1n) is 7.40. The molecule has 0 amide bonds. The van der Waals surface area contributed by atoms with Crippen molar-refractivity contribution in [1.29, 1.82) is 0 Å². The predicted octanol–water partition coefficient (Wildman–Crippen LogP) is 2.26.